The van der Waals surface area contributed by atoms with Gasteiger partial charge in [0.15, 0.2) is 12.4 Å². The van der Waals surface area contributed by atoms with Crippen LogP contribution in [0.1, 0.15) is 27.2 Å². The summed E-state index contributed by atoms with van der Waals surface area (Å²) in [5.41, 5.74) is 0. The Morgan fingerprint density at radius 2 is 2.10 bits per heavy atom. The van der Waals surface area contributed by atoms with Crippen LogP contribution < -0.4 is 5.32 Å². The van der Waals surface area contributed by atoms with Crippen LogP contribution in [-0.2, 0) is 23.8 Å². The summed E-state index contributed by atoms with van der Waals surface area (Å²) in [5, 5.41) is 12.4. The fraction of sp³-hybridized carbons (Fsp3) is 0.846. The van der Waals surface area contributed by atoms with E-state index in [4.69, 9.17) is 14.2 Å². The molecule has 1 amide bonds. The van der Waals surface area contributed by atoms with Gasteiger partial charge in [-0.25, -0.2) is 0 Å². The second-order valence-electron chi connectivity index (χ2n) is 5.64. The highest BCUT2D eigenvalue weighted by Crippen LogP contribution is 2.32. The van der Waals surface area contributed by atoms with Gasteiger partial charge in [0.05, 0.1) is 6.61 Å². The highest BCUT2D eigenvalue weighted by molar-refractivity contribution is 5.73. The molecule has 2 aliphatic heterocycles. The summed E-state index contributed by atoms with van der Waals surface area (Å²) in [6.45, 7) is 5.42. The lowest BCUT2D eigenvalue weighted by molar-refractivity contribution is -0.165. The summed E-state index contributed by atoms with van der Waals surface area (Å²) in [7, 11) is 0. The number of ether oxygens (including phenoxy) is 3. The van der Waals surface area contributed by atoms with Crippen molar-refractivity contribution in [1.29, 1.82) is 0 Å². The molecule has 0 aromatic carbocycles. The Morgan fingerprint density at radius 1 is 1.40 bits per heavy atom. The number of nitrogens with one attached hydrogen (secondary N) is 1. The molecule has 2 rings (SSSR count). The number of amides is 1. The Hall–Kier alpha value is -1.18. The van der Waals surface area contributed by atoms with Crippen LogP contribution in [0.5, 0.6) is 0 Å². The van der Waals surface area contributed by atoms with Gasteiger partial charge in [0.2, 0.25) is 5.91 Å². The molecule has 7 heteroatoms. The lowest BCUT2D eigenvalue weighted by Crippen LogP contribution is -2.46. The Labute approximate surface area is 117 Å². The molecular weight excluding hydrogens is 266 g/mol. The van der Waals surface area contributed by atoms with Crippen LogP contribution in [0.2, 0.25) is 0 Å². The van der Waals surface area contributed by atoms with E-state index in [1.807, 2.05) is 13.8 Å². The lowest BCUT2D eigenvalue weighted by Gasteiger charge is -2.18. The minimum Gasteiger partial charge on any atom is -0.457 e. The number of hydrogen-bond acceptors (Lipinski definition) is 6. The van der Waals surface area contributed by atoms with Crippen molar-refractivity contribution < 1.29 is 28.9 Å². The largest absolute Gasteiger partial charge is 0.457 e. The number of aliphatic hydroxyl groups is 1. The molecular formula is C13H21NO6. The van der Waals surface area contributed by atoms with Crippen molar-refractivity contribution in [3.8, 4) is 0 Å². The van der Waals surface area contributed by atoms with Crippen molar-refractivity contribution >= 4 is 11.9 Å². The van der Waals surface area contributed by atoms with Crippen molar-refractivity contribution in [3.63, 3.8) is 0 Å². The number of fused-ring (bicyclic) bond motifs is 1. The smallest absolute Gasteiger partial charge is 0.306 e. The molecule has 0 spiro atoms. The van der Waals surface area contributed by atoms with Gasteiger partial charge < -0.3 is 24.6 Å². The van der Waals surface area contributed by atoms with E-state index < -0.39 is 30.6 Å². The zero-order chi connectivity index (χ0) is 14.9. The first kappa shape index (κ1) is 15.2. The van der Waals surface area contributed by atoms with Gasteiger partial charge in [0, 0.05) is 13.3 Å². The minimum absolute atomic E-state index is 0.210. The zero-order valence-corrected chi connectivity index (χ0v) is 11.9. The van der Waals surface area contributed by atoms with Gasteiger partial charge in [-0.1, -0.05) is 13.8 Å². The molecule has 2 N–H and O–H groups in total. The van der Waals surface area contributed by atoms with Crippen molar-refractivity contribution in [2.45, 2.75) is 57.8 Å². The predicted octanol–water partition coefficient (Wildman–Crippen LogP) is -0.435. The lowest BCUT2D eigenvalue weighted by atomic mass is 10.1. The summed E-state index contributed by atoms with van der Waals surface area (Å²) in [6.07, 6.45) is -2.41. The summed E-state index contributed by atoms with van der Waals surface area (Å²) in [5.74, 6) is -0.375. The van der Waals surface area contributed by atoms with E-state index in [0.717, 1.165) is 0 Å². The maximum absolute atomic E-state index is 11.7. The Bertz CT molecular complexity index is 385. The van der Waals surface area contributed by atoms with Gasteiger partial charge in [-0.2, -0.15) is 0 Å². The molecule has 0 bridgehead atoms. The quantitative estimate of drug-likeness (QED) is 0.681. The molecule has 2 saturated heterocycles. The van der Waals surface area contributed by atoms with E-state index in [1.165, 1.54) is 6.92 Å². The number of esters is 1. The minimum atomic E-state index is -1.15. The van der Waals surface area contributed by atoms with Crippen LogP contribution in [0.25, 0.3) is 0 Å². The first-order valence-corrected chi connectivity index (χ1v) is 6.80. The molecule has 5 atom stereocenters. The van der Waals surface area contributed by atoms with Gasteiger partial charge in [0.25, 0.3) is 0 Å². The Kier molecular flexibility index (Phi) is 4.62. The van der Waals surface area contributed by atoms with Crippen LogP contribution in [0.4, 0.5) is 0 Å². The standard InChI is InChI=1S/C13H21NO6/c1-6(2)4-9(16)19-8-5-18-12-10(14-7(3)15)13(17)20-11(8)12/h6,8,10-13,17H,4-5H2,1-3H3,(H,14,15). The fourth-order valence-electron chi connectivity index (χ4n) is 2.53. The number of carbonyl (C=O) groups is 2. The predicted molar refractivity (Wildman–Crippen MR) is 67.6 cm³/mol. The van der Waals surface area contributed by atoms with E-state index in [-0.39, 0.29) is 24.4 Å². The first-order valence-electron chi connectivity index (χ1n) is 6.80. The number of hydrogen-bond donors (Lipinski definition) is 2. The highest BCUT2D eigenvalue weighted by Gasteiger charge is 2.54. The van der Waals surface area contributed by atoms with Crippen molar-refractivity contribution in [2.24, 2.45) is 5.92 Å². The summed E-state index contributed by atoms with van der Waals surface area (Å²) in [4.78, 5) is 22.8. The topological polar surface area (TPSA) is 94.1 Å². The van der Waals surface area contributed by atoms with Gasteiger partial charge in [-0.05, 0) is 5.92 Å². The third kappa shape index (κ3) is 3.28. The second kappa shape index (κ2) is 6.07. The maximum atomic E-state index is 11.7. The molecule has 114 valence electrons. The number of carbonyl (C=O) groups excluding carboxylic acids is 2. The number of aliphatic hydroxyl groups excluding tert-OH is 1. The molecule has 2 fully saturated rings. The average Bonchev–Trinajstić information content (AvgIpc) is 2.80. The maximum Gasteiger partial charge on any atom is 0.306 e. The molecule has 2 heterocycles. The van der Waals surface area contributed by atoms with Crippen LogP contribution in [0.15, 0.2) is 0 Å². The molecule has 20 heavy (non-hydrogen) atoms. The summed E-state index contributed by atoms with van der Waals surface area (Å²) in [6, 6.07) is -0.633. The summed E-state index contributed by atoms with van der Waals surface area (Å²) < 4.78 is 16.2. The van der Waals surface area contributed by atoms with Crippen LogP contribution in [-0.4, -0.2) is 54.2 Å². The first-order chi connectivity index (χ1) is 9.38. The monoisotopic (exact) mass is 287 g/mol. The van der Waals surface area contributed by atoms with Crippen molar-refractivity contribution in [1.82, 2.24) is 5.32 Å². The van der Waals surface area contributed by atoms with Gasteiger partial charge in [-0.15, -0.1) is 0 Å². The van der Waals surface area contributed by atoms with Gasteiger partial charge in [-0.3, -0.25) is 9.59 Å². The fourth-order valence-corrected chi connectivity index (χ4v) is 2.53. The molecule has 5 unspecified atom stereocenters. The van der Waals surface area contributed by atoms with E-state index in [9.17, 15) is 14.7 Å². The number of rotatable bonds is 4. The SMILES string of the molecule is CC(=O)NC1C(O)OC2C(OC(=O)CC(C)C)COC12. The Balaban J connectivity index is 1.94. The van der Waals surface area contributed by atoms with E-state index in [0.29, 0.717) is 6.42 Å². The van der Waals surface area contributed by atoms with Gasteiger partial charge >= 0.3 is 5.97 Å². The van der Waals surface area contributed by atoms with E-state index in [1.54, 1.807) is 0 Å². The zero-order valence-electron chi connectivity index (χ0n) is 11.9. The van der Waals surface area contributed by atoms with Crippen LogP contribution in [0.3, 0.4) is 0 Å². The van der Waals surface area contributed by atoms with Crippen LogP contribution >= 0.6 is 0 Å². The van der Waals surface area contributed by atoms with Gasteiger partial charge in [0.1, 0.15) is 18.2 Å². The van der Waals surface area contributed by atoms with Crippen molar-refractivity contribution in [3.05, 3.63) is 0 Å². The molecule has 2 aliphatic rings. The second-order valence-corrected chi connectivity index (χ2v) is 5.64. The Morgan fingerprint density at radius 3 is 2.70 bits per heavy atom. The molecule has 0 radical (unpaired) electrons. The summed E-state index contributed by atoms with van der Waals surface area (Å²) >= 11 is 0. The average molecular weight is 287 g/mol. The molecule has 0 aromatic rings. The molecule has 0 saturated carbocycles. The third-order valence-corrected chi connectivity index (χ3v) is 3.33. The normalized spacial score (nSPS) is 36.0. The van der Waals surface area contributed by atoms with E-state index in [2.05, 4.69) is 5.32 Å². The van der Waals surface area contributed by atoms with E-state index >= 15 is 0 Å². The van der Waals surface area contributed by atoms with Crippen molar-refractivity contribution in [2.75, 3.05) is 6.61 Å². The molecule has 0 aromatic heterocycles. The molecule has 0 aliphatic carbocycles. The third-order valence-electron chi connectivity index (χ3n) is 3.33. The molecule has 7 nitrogen and oxygen atoms in total. The van der Waals surface area contributed by atoms with Crippen LogP contribution in [0, 0.1) is 5.92 Å². The highest BCUT2D eigenvalue weighted by atomic mass is 16.7.